The third kappa shape index (κ3) is 3.01. The van der Waals surface area contributed by atoms with Gasteiger partial charge in [0.2, 0.25) is 5.13 Å². The lowest BCUT2D eigenvalue weighted by Crippen LogP contribution is -1.95. The van der Waals surface area contributed by atoms with Crippen LogP contribution in [0.5, 0.6) is 11.5 Å². The number of fused-ring (bicyclic) bond motifs is 1. The van der Waals surface area contributed by atoms with E-state index >= 15 is 0 Å². The number of aromatic nitrogens is 1. The largest absolute Gasteiger partial charge is 0.504 e. The number of anilines is 1. The van der Waals surface area contributed by atoms with E-state index in [9.17, 15) is 5.11 Å². The number of rotatable bonds is 5. The predicted octanol–water partition coefficient (Wildman–Crippen LogP) is 3.85. The maximum Gasteiger partial charge on any atom is 0.204 e. The van der Waals surface area contributed by atoms with Crippen LogP contribution in [0.15, 0.2) is 47.6 Å². The van der Waals surface area contributed by atoms with Crippen molar-refractivity contribution in [2.75, 3.05) is 12.0 Å². The number of thiazole rings is 1. The van der Waals surface area contributed by atoms with Gasteiger partial charge in [0.25, 0.3) is 0 Å². The molecule has 0 spiro atoms. The molecule has 0 aliphatic heterocycles. The number of phenols is 1. The molecular formula is C16H15N3O2S. The molecule has 0 unspecified atom stereocenters. The molecule has 112 valence electrons. The molecule has 0 aliphatic rings. The van der Waals surface area contributed by atoms with Crippen molar-refractivity contribution in [2.24, 2.45) is 5.10 Å². The number of nitrogens with one attached hydrogen (secondary N) is 1. The van der Waals surface area contributed by atoms with Crippen LogP contribution in [0.3, 0.4) is 0 Å². The van der Waals surface area contributed by atoms with Crippen LogP contribution < -0.4 is 10.2 Å². The van der Waals surface area contributed by atoms with Crippen LogP contribution in [0, 0.1) is 0 Å². The number of aromatic hydroxyl groups is 1. The maximum atomic E-state index is 10.1. The molecule has 2 aromatic carbocycles. The number of para-hydroxylation sites is 2. The Labute approximate surface area is 131 Å². The summed E-state index contributed by atoms with van der Waals surface area (Å²) in [6, 6.07) is 13.2. The molecule has 1 heterocycles. The summed E-state index contributed by atoms with van der Waals surface area (Å²) in [6.45, 7) is 2.37. The first-order valence-electron chi connectivity index (χ1n) is 6.87. The van der Waals surface area contributed by atoms with Crippen LogP contribution in [0.1, 0.15) is 12.5 Å². The van der Waals surface area contributed by atoms with Crippen LogP contribution in [-0.2, 0) is 0 Å². The Morgan fingerprint density at radius 3 is 2.95 bits per heavy atom. The van der Waals surface area contributed by atoms with Gasteiger partial charge in [0.05, 0.1) is 23.0 Å². The SMILES string of the molecule is CCOc1cccc(/C=N/Nc2nc3ccccc3s2)c1O. The molecule has 5 nitrogen and oxygen atoms in total. The summed E-state index contributed by atoms with van der Waals surface area (Å²) in [5, 5.41) is 14.9. The van der Waals surface area contributed by atoms with Gasteiger partial charge in [-0.25, -0.2) is 4.98 Å². The number of hydrogen-bond acceptors (Lipinski definition) is 6. The molecule has 0 saturated carbocycles. The van der Waals surface area contributed by atoms with Gasteiger partial charge in [-0.05, 0) is 31.2 Å². The van der Waals surface area contributed by atoms with Crippen LogP contribution in [0.4, 0.5) is 5.13 Å². The van der Waals surface area contributed by atoms with Crippen molar-refractivity contribution in [2.45, 2.75) is 6.92 Å². The first-order chi connectivity index (χ1) is 10.8. The second kappa shape index (κ2) is 6.44. The monoisotopic (exact) mass is 313 g/mol. The molecule has 3 rings (SSSR count). The molecule has 6 heteroatoms. The molecule has 0 amide bonds. The summed E-state index contributed by atoms with van der Waals surface area (Å²) < 4.78 is 6.44. The lowest BCUT2D eigenvalue weighted by Gasteiger charge is -2.06. The normalized spacial score (nSPS) is 11.1. The van der Waals surface area contributed by atoms with Crippen LogP contribution in [0.2, 0.25) is 0 Å². The summed E-state index contributed by atoms with van der Waals surface area (Å²) in [6.07, 6.45) is 1.55. The van der Waals surface area contributed by atoms with Gasteiger partial charge in [-0.3, -0.25) is 5.43 Å². The molecule has 2 N–H and O–H groups in total. The molecular weight excluding hydrogens is 298 g/mol. The second-order valence-corrected chi connectivity index (χ2v) is 5.51. The van der Waals surface area contributed by atoms with Crippen LogP contribution in [0.25, 0.3) is 10.2 Å². The van der Waals surface area contributed by atoms with E-state index in [4.69, 9.17) is 4.74 Å². The first-order valence-corrected chi connectivity index (χ1v) is 7.69. The molecule has 1 aromatic heterocycles. The van der Waals surface area contributed by atoms with Gasteiger partial charge in [0, 0.05) is 5.56 Å². The molecule has 0 fully saturated rings. The Bertz CT molecular complexity index is 781. The summed E-state index contributed by atoms with van der Waals surface area (Å²) in [5.74, 6) is 0.533. The third-order valence-electron chi connectivity index (χ3n) is 2.99. The van der Waals surface area contributed by atoms with Crippen molar-refractivity contribution >= 4 is 32.9 Å². The Balaban J connectivity index is 1.75. The Morgan fingerprint density at radius 1 is 1.27 bits per heavy atom. The van der Waals surface area contributed by atoms with Gasteiger partial charge in [-0.2, -0.15) is 5.10 Å². The van der Waals surface area contributed by atoms with E-state index in [2.05, 4.69) is 15.5 Å². The van der Waals surface area contributed by atoms with Crippen LogP contribution in [-0.4, -0.2) is 22.9 Å². The highest BCUT2D eigenvalue weighted by molar-refractivity contribution is 7.22. The van der Waals surface area contributed by atoms with Crippen molar-refractivity contribution in [1.29, 1.82) is 0 Å². The molecule has 0 radical (unpaired) electrons. The van der Waals surface area contributed by atoms with Gasteiger partial charge >= 0.3 is 0 Å². The number of nitrogens with zero attached hydrogens (tertiary/aromatic N) is 2. The minimum absolute atomic E-state index is 0.0826. The van der Waals surface area contributed by atoms with E-state index < -0.39 is 0 Å². The van der Waals surface area contributed by atoms with Crippen molar-refractivity contribution in [3.8, 4) is 11.5 Å². The topological polar surface area (TPSA) is 66.7 Å². The summed E-state index contributed by atoms with van der Waals surface area (Å²) in [7, 11) is 0. The van der Waals surface area contributed by atoms with Gasteiger partial charge in [0.1, 0.15) is 0 Å². The van der Waals surface area contributed by atoms with Crippen molar-refractivity contribution in [3.05, 3.63) is 48.0 Å². The minimum atomic E-state index is 0.0826. The van der Waals surface area contributed by atoms with Crippen molar-refractivity contribution < 1.29 is 9.84 Å². The summed E-state index contributed by atoms with van der Waals surface area (Å²) in [4.78, 5) is 4.42. The smallest absolute Gasteiger partial charge is 0.204 e. The average molecular weight is 313 g/mol. The lowest BCUT2D eigenvalue weighted by atomic mass is 10.2. The quantitative estimate of drug-likeness (QED) is 0.554. The van der Waals surface area contributed by atoms with Gasteiger partial charge in [-0.1, -0.05) is 29.5 Å². The predicted molar refractivity (Wildman–Crippen MR) is 90.1 cm³/mol. The third-order valence-corrected chi connectivity index (χ3v) is 3.93. The van der Waals surface area contributed by atoms with E-state index in [1.165, 1.54) is 11.3 Å². The Kier molecular flexibility index (Phi) is 4.20. The van der Waals surface area contributed by atoms with Crippen molar-refractivity contribution in [3.63, 3.8) is 0 Å². The molecule has 0 bridgehead atoms. The summed E-state index contributed by atoms with van der Waals surface area (Å²) >= 11 is 1.52. The first kappa shape index (κ1) is 14.3. The van der Waals surface area contributed by atoms with Crippen LogP contribution >= 0.6 is 11.3 Å². The highest BCUT2D eigenvalue weighted by Gasteiger charge is 2.06. The standard InChI is InChI=1S/C16H15N3O2S/c1-2-21-13-8-5-6-11(15(13)20)10-17-19-16-18-12-7-3-4-9-14(12)22-16/h3-10,20H,2H2,1H3,(H,18,19)/b17-10+. The van der Waals surface area contributed by atoms with E-state index in [1.54, 1.807) is 18.3 Å². The highest BCUT2D eigenvalue weighted by Crippen LogP contribution is 2.29. The fraction of sp³-hybridized carbons (Fsp3) is 0.125. The zero-order valence-corrected chi connectivity index (χ0v) is 12.8. The van der Waals surface area contributed by atoms with E-state index in [1.807, 2.05) is 37.3 Å². The maximum absolute atomic E-state index is 10.1. The second-order valence-electron chi connectivity index (χ2n) is 4.48. The van der Waals surface area contributed by atoms with E-state index in [0.29, 0.717) is 23.1 Å². The summed E-state index contributed by atoms with van der Waals surface area (Å²) in [5.41, 5.74) is 4.41. The zero-order chi connectivity index (χ0) is 15.4. The highest BCUT2D eigenvalue weighted by atomic mass is 32.1. The number of hydrogen-bond donors (Lipinski definition) is 2. The number of hydrazone groups is 1. The van der Waals surface area contributed by atoms with Gasteiger partial charge < -0.3 is 9.84 Å². The van der Waals surface area contributed by atoms with E-state index in [-0.39, 0.29) is 5.75 Å². The lowest BCUT2D eigenvalue weighted by molar-refractivity contribution is 0.318. The molecule has 22 heavy (non-hydrogen) atoms. The zero-order valence-electron chi connectivity index (χ0n) is 12.0. The molecule has 3 aromatic rings. The average Bonchev–Trinajstić information content (AvgIpc) is 2.94. The fourth-order valence-electron chi connectivity index (χ4n) is 1.99. The van der Waals surface area contributed by atoms with Crippen molar-refractivity contribution in [1.82, 2.24) is 4.98 Å². The molecule has 0 aliphatic carbocycles. The Hall–Kier alpha value is -2.60. The Morgan fingerprint density at radius 2 is 2.14 bits per heavy atom. The number of phenolic OH excluding ortho intramolecular Hbond substituents is 1. The van der Waals surface area contributed by atoms with E-state index in [0.717, 1.165) is 10.2 Å². The minimum Gasteiger partial charge on any atom is -0.504 e. The van der Waals surface area contributed by atoms with Gasteiger partial charge in [-0.15, -0.1) is 0 Å². The molecule has 0 saturated heterocycles. The number of ether oxygens (including phenoxy) is 1. The van der Waals surface area contributed by atoms with Gasteiger partial charge in [0.15, 0.2) is 11.5 Å². The molecule has 0 atom stereocenters. The fourth-order valence-corrected chi connectivity index (χ4v) is 2.81. The number of benzene rings is 2.